The minimum Gasteiger partial charge on any atom is -0.493 e. The van der Waals surface area contributed by atoms with E-state index in [0.717, 1.165) is 12.8 Å². The molecule has 0 aliphatic rings. The maximum Gasteiger partial charge on any atom is 0.255 e. The second-order valence-corrected chi connectivity index (χ2v) is 6.08. The molecule has 0 fully saturated rings. The van der Waals surface area contributed by atoms with Gasteiger partial charge in [0.05, 0.1) is 26.9 Å². The largest absolute Gasteiger partial charge is 0.493 e. The minimum atomic E-state index is -0.167. The van der Waals surface area contributed by atoms with E-state index in [-0.39, 0.29) is 11.9 Å². The Morgan fingerprint density at radius 1 is 1.00 bits per heavy atom. The van der Waals surface area contributed by atoms with E-state index < -0.39 is 0 Å². The fraction of sp³-hybridized carbons (Fsp3) is 0.611. The molecule has 1 aromatic carbocycles. The van der Waals surface area contributed by atoms with Gasteiger partial charge in [-0.25, -0.2) is 0 Å². The zero-order valence-electron chi connectivity index (χ0n) is 15.1. The zero-order chi connectivity index (χ0) is 17.4. The van der Waals surface area contributed by atoms with Crippen LogP contribution in [0.3, 0.4) is 0 Å². The molecule has 5 heteroatoms. The number of hydrogen-bond acceptors (Lipinski definition) is 4. The van der Waals surface area contributed by atoms with E-state index in [1.54, 1.807) is 19.2 Å². The Morgan fingerprint density at radius 3 is 2.17 bits per heavy atom. The predicted molar refractivity (Wildman–Crippen MR) is 91.7 cm³/mol. The average Bonchev–Trinajstić information content (AvgIpc) is 2.52. The van der Waals surface area contributed by atoms with Gasteiger partial charge in [0.2, 0.25) is 5.75 Å². The van der Waals surface area contributed by atoms with E-state index >= 15 is 0 Å². The standard InChI is InChI=1S/C18H29NO4/c1-12(2)8-7-9-13(3)19-18(20)14-10-11-15(21-4)17(23-6)16(14)22-5/h10-13H,7-9H2,1-6H3,(H,19,20). The van der Waals surface area contributed by atoms with Crippen LogP contribution in [0.25, 0.3) is 0 Å². The molecule has 0 heterocycles. The summed E-state index contributed by atoms with van der Waals surface area (Å²) in [7, 11) is 4.59. The SMILES string of the molecule is COc1ccc(C(=O)NC(C)CCCC(C)C)c(OC)c1OC. The van der Waals surface area contributed by atoms with Gasteiger partial charge < -0.3 is 19.5 Å². The number of rotatable bonds is 9. The van der Waals surface area contributed by atoms with Crippen molar-refractivity contribution in [1.82, 2.24) is 5.32 Å². The fourth-order valence-corrected chi connectivity index (χ4v) is 2.49. The van der Waals surface area contributed by atoms with Gasteiger partial charge in [-0.2, -0.15) is 0 Å². The van der Waals surface area contributed by atoms with Crippen LogP contribution in [0.4, 0.5) is 0 Å². The smallest absolute Gasteiger partial charge is 0.255 e. The van der Waals surface area contributed by atoms with Gasteiger partial charge in [-0.05, 0) is 31.4 Å². The predicted octanol–water partition coefficient (Wildman–Crippen LogP) is 3.66. The van der Waals surface area contributed by atoms with Crippen LogP contribution in [-0.4, -0.2) is 33.3 Å². The first-order chi connectivity index (χ1) is 10.9. The van der Waals surface area contributed by atoms with Gasteiger partial charge in [0.25, 0.3) is 5.91 Å². The fourth-order valence-electron chi connectivity index (χ4n) is 2.49. The van der Waals surface area contributed by atoms with Crippen molar-refractivity contribution < 1.29 is 19.0 Å². The van der Waals surface area contributed by atoms with Crippen LogP contribution in [0.2, 0.25) is 0 Å². The highest BCUT2D eigenvalue weighted by molar-refractivity contribution is 5.98. The first-order valence-electron chi connectivity index (χ1n) is 8.04. The first-order valence-corrected chi connectivity index (χ1v) is 8.04. The minimum absolute atomic E-state index is 0.110. The van der Waals surface area contributed by atoms with E-state index in [0.29, 0.717) is 28.7 Å². The molecule has 0 saturated carbocycles. The Labute approximate surface area is 139 Å². The molecule has 0 aliphatic heterocycles. The number of ether oxygens (including phenoxy) is 3. The van der Waals surface area contributed by atoms with Gasteiger partial charge in [-0.1, -0.05) is 26.7 Å². The van der Waals surface area contributed by atoms with Crippen LogP contribution in [-0.2, 0) is 0 Å². The van der Waals surface area contributed by atoms with E-state index in [9.17, 15) is 4.79 Å². The summed E-state index contributed by atoms with van der Waals surface area (Å²) in [6.45, 7) is 6.43. The molecular weight excluding hydrogens is 294 g/mol. The van der Waals surface area contributed by atoms with Crippen LogP contribution in [0.1, 0.15) is 50.4 Å². The topological polar surface area (TPSA) is 56.8 Å². The highest BCUT2D eigenvalue weighted by Crippen LogP contribution is 2.39. The number of carbonyl (C=O) groups is 1. The Hall–Kier alpha value is -1.91. The van der Waals surface area contributed by atoms with Crippen molar-refractivity contribution in [2.45, 2.75) is 46.1 Å². The third-order valence-electron chi connectivity index (χ3n) is 3.74. The van der Waals surface area contributed by atoms with Gasteiger partial charge >= 0.3 is 0 Å². The summed E-state index contributed by atoms with van der Waals surface area (Å²) in [6, 6.07) is 3.51. The monoisotopic (exact) mass is 323 g/mol. The van der Waals surface area contributed by atoms with Gasteiger partial charge in [-0.3, -0.25) is 4.79 Å². The maximum absolute atomic E-state index is 12.5. The molecular formula is C18H29NO4. The molecule has 0 aliphatic carbocycles. The Bertz CT molecular complexity index is 514. The Kier molecular flexibility index (Phi) is 7.72. The van der Waals surface area contributed by atoms with Crippen LogP contribution >= 0.6 is 0 Å². The molecule has 1 rings (SSSR count). The lowest BCUT2D eigenvalue weighted by molar-refractivity contribution is 0.0934. The van der Waals surface area contributed by atoms with E-state index in [1.807, 2.05) is 6.92 Å². The normalized spacial score (nSPS) is 12.0. The van der Waals surface area contributed by atoms with Gasteiger partial charge in [-0.15, -0.1) is 0 Å². The number of carbonyl (C=O) groups excluding carboxylic acids is 1. The molecule has 0 bridgehead atoms. The van der Waals surface area contributed by atoms with Crippen LogP contribution in [0, 0.1) is 5.92 Å². The molecule has 1 amide bonds. The van der Waals surface area contributed by atoms with Crippen molar-refractivity contribution in [2.24, 2.45) is 5.92 Å². The quantitative estimate of drug-likeness (QED) is 0.753. The number of methoxy groups -OCH3 is 3. The average molecular weight is 323 g/mol. The third kappa shape index (κ3) is 5.34. The zero-order valence-corrected chi connectivity index (χ0v) is 15.1. The molecule has 130 valence electrons. The molecule has 1 N–H and O–H groups in total. The number of amides is 1. The van der Waals surface area contributed by atoms with Crippen LogP contribution in [0.5, 0.6) is 17.2 Å². The Balaban J connectivity index is 2.83. The molecule has 0 radical (unpaired) electrons. The molecule has 1 aromatic rings. The second-order valence-electron chi connectivity index (χ2n) is 6.08. The second kappa shape index (κ2) is 9.28. The molecule has 1 atom stereocenters. The lowest BCUT2D eigenvalue weighted by Gasteiger charge is -2.18. The van der Waals surface area contributed by atoms with Crippen molar-refractivity contribution in [1.29, 1.82) is 0 Å². The van der Waals surface area contributed by atoms with E-state index in [2.05, 4.69) is 19.2 Å². The van der Waals surface area contributed by atoms with Crippen LogP contribution in [0.15, 0.2) is 12.1 Å². The van der Waals surface area contributed by atoms with E-state index in [1.165, 1.54) is 20.6 Å². The Morgan fingerprint density at radius 2 is 1.65 bits per heavy atom. The van der Waals surface area contributed by atoms with Gasteiger partial charge in [0.15, 0.2) is 11.5 Å². The van der Waals surface area contributed by atoms with Crippen LogP contribution < -0.4 is 19.5 Å². The molecule has 1 unspecified atom stereocenters. The maximum atomic E-state index is 12.5. The van der Waals surface area contributed by atoms with Gasteiger partial charge in [0, 0.05) is 6.04 Å². The summed E-state index contributed by atoms with van der Waals surface area (Å²) in [5.74, 6) is 1.86. The third-order valence-corrected chi connectivity index (χ3v) is 3.74. The molecule has 0 spiro atoms. The molecule has 5 nitrogen and oxygen atoms in total. The van der Waals surface area contributed by atoms with Crippen molar-refractivity contribution in [3.8, 4) is 17.2 Å². The summed E-state index contributed by atoms with van der Waals surface area (Å²) in [5, 5.41) is 3.02. The first kappa shape index (κ1) is 19.1. The lowest BCUT2D eigenvalue weighted by atomic mass is 10.0. The summed E-state index contributed by atoms with van der Waals surface area (Å²) in [6.07, 6.45) is 3.22. The summed E-state index contributed by atoms with van der Waals surface area (Å²) in [4.78, 5) is 12.5. The highest BCUT2D eigenvalue weighted by Gasteiger charge is 2.21. The lowest BCUT2D eigenvalue weighted by Crippen LogP contribution is -2.32. The molecule has 23 heavy (non-hydrogen) atoms. The van der Waals surface area contributed by atoms with Gasteiger partial charge in [0.1, 0.15) is 0 Å². The number of hydrogen-bond donors (Lipinski definition) is 1. The summed E-state index contributed by atoms with van der Waals surface area (Å²) >= 11 is 0. The summed E-state index contributed by atoms with van der Waals surface area (Å²) in [5.41, 5.74) is 0.445. The van der Waals surface area contributed by atoms with Crippen molar-refractivity contribution in [3.05, 3.63) is 17.7 Å². The molecule has 0 saturated heterocycles. The van der Waals surface area contributed by atoms with E-state index in [4.69, 9.17) is 14.2 Å². The van der Waals surface area contributed by atoms with Crippen molar-refractivity contribution in [2.75, 3.05) is 21.3 Å². The number of benzene rings is 1. The summed E-state index contributed by atoms with van der Waals surface area (Å²) < 4.78 is 15.9. The molecule has 0 aromatic heterocycles. The highest BCUT2D eigenvalue weighted by atomic mass is 16.5. The number of nitrogens with one attached hydrogen (secondary N) is 1. The van der Waals surface area contributed by atoms with Crippen molar-refractivity contribution >= 4 is 5.91 Å². The van der Waals surface area contributed by atoms with Crippen molar-refractivity contribution in [3.63, 3.8) is 0 Å².